The van der Waals surface area contributed by atoms with Crippen LogP contribution in [0, 0.1) is 13.8 Å². The van der Waals surface area contributed by atoms with Gasteiger partial charge in [-0.1, -0.05) is 35.3 Å². The minimum absolute atomic E-state index is 0.138. The maximum Gasteiger partial charge on any atom is 0.277 e. The Kier molecular flexibility index (Phi) is 8.58. The Hall–Kier alpha value is -3.22. The zero-order chi connectivity index (χ0) is 23.8. The molecule has 0 radical (unpaired) electrons. The van der Waals surface area contributed by atoms with E-state index in [4.69, 9.17) is 37.4 Å². The predicted octanol–water partition coefficient (Wildman–Crippen LogP) is 5.73. The van der Waals surface area contributed by atoms with Crippen LogP contribution in [0.4, 0.5) is 0 Å². The van der Waals surface area contributed by atoms with Gasteiger partial charge >= 0.3 is 0 Å². The van der Waals surface area contributed by atoms with Crippen LogP contribution < -0.4 is 19.6 Å². The summed E-state index contributed by atoms with van der Waals surface area (Å²) in [7, 11) is 1.54. The zero-order valence-electron chi connectivity index (χ0n) is 18.5. The van der Waals surface area contributed by atoms with E-state index in [9.17, 15) is 4.79 Å². The highest BCUT2D eigenvalue weighted by molar-refractivity contribution is 6.35. The molecule has 0 aliphatic heterocycles. The molecule has 3 aromatic carbocycles. The summed E-state index contributed by atoms with van der Waals surface area (Å²) in [5.41, 5.74) is 6.11. The highest BCUT2D eigenvalue weighted by Gasteiger charge is 2.10. The lowest BCUT2D eigenvalue weighted by Crippen LogP contribution is -2.24. The van der Waals surface area contributed by atoms with Gasteiger partial charge in [0.25, 0.3) is 5.91 Å². The SMILES string of the molecule is COc1cc(/C=N/NC(=O)COc2ccc(C)c(C)c2)ccc1OCc1c(Cl)cccc1Cl. The van der Waals surface area contributed by atoms with E-state index in [0.29, 0.717) is 38.4 Å². The Labute approximate surface area is 203 Å². The molecule has 33 heavy (non-hydrogen) atoms. The molecule has 0 unspecified atom stereocenters. The third-order valence-corrected chi connectivity index (χ3v) is 5.58. The zero-order valence-corrected chi connectivity index (χ0v) is 20.0. The van der Waals surface area contributed by atoms with Crippen LogP contribution in [0.1, 0.15) is 22.3 Å². The largest absolute Gasteiger partial charge is 0.493 e. The van der Waals surface area contributed by atoms with E-state index in [1.54, 1.807) is 36.4 Å². The number of hydrazone groups is 1. The van der Waals surface area contributed by atoms with Crippen molar-refractivity contribution in [3.05, 3.63) is 86.9 Å². The first-order valence-corrected chi connectivity index (χ1v) is 10.9. The lowest BCUT2D eigenvalue weighted by atomic mass is 10.1. The maximum absolute atomic E-state index is 12.0. The molecular weight excluding hydrogens is 463 g/mol. The van der Waals surface area contributed by atoms with Crippen LogP contribution in [-0.4, -0.2) is 25.8 Å². The van der Waals surface area contributed by atoms with Crippen LogP contribution in [0.25, 0.3) is 0 Å². The van der Waals surface area contributed by atoms with Crippen molar-refractivity contribution in [2.45, 2.75) is 20.5 Å². The number of hydrogen-bond donors (Lipinski definition) is 1. The van der Waals surface area contributed by atoms with Crippen LogP contribution in [-0.2, 0) is 11.4 Å². The van der Waals surface area contributed by atoms with Gasteiger partial charge in [0.1, 0.15) is 12.4 Å². The highest BCUT2D eigenvalue weighted by Crippen LogP contribution is 2.31. The summed E-state index contributed by atoms with van der Waals surface area (Å²) < 4.78 is 16.7. The van der Waals surface area contributed by atoms with Gasteiger partial charge in [0.15, 0.2) is 18.1 Å². The van der Waals surface area contributed by atoms with E-state index in [0.717, 1.165) is 11.1 Å². The van der Waals surface area contributed by atoms with Gasteiger partial charge in [-0.25, -0.2) is 5.43 Å². The number of rotatable bonds is 9. The first-order chi connectivity index (χ1) is 15.9. The van der Waals surface area contributed by atoms with Crippen molar-refractivity contribution in [3.8, 4) is 17.2 Å². The summed E-state index contributed by atoms with van der Waals surface area (Å²) in [5.74, 6) is 1.30. The van der Waals surface area contributed by atoms with E-state index < -0.39 is 0 Å². The second kappa shape index (κ2) is 11.6. The van der Waals surface area contributed by atoms with Crippen LogP contribution in [0.3, 0.4) is 0 Å². The van der Waals surface area contributed by atoms with E-state index in [1.165, 1.54) is 13.3 Å². The smallest absolute Gasteiger partial charge is 0.277 e. The van der Waals surface area contributed by atoms with Crippen molar-refractivity contribution in [1.82, 2.24) is 5.43 Å². The number of nitrogens with one attached hydrogen (secondary N) is 1. The number of carbonyl (C=O) groups is 1. The minimum Gasteiger partial charge on any atom is -0.493 e. The van der Waals surface area contributed by atoms with Crippen molar-refractivity contribution >= 4 is 35.3 Å². The van der Waals surface area contributed by atoms with Crippen molar-refractivity contribution in [2.24, 2.45) is 5.10 Å². The van der Waals surface area contributed by atoms with Gasteiger partial charge in [-0.2, -0.15) is 5.10 Å². The van der Waals surface area contributed by atoms with Gasteiger partial charge in [0, 0.05) is 15.6 Å². The monoisotopic (exact) mass is 486 g/mol. The summed E-state index contributed by atoms with van der Waals surface area (Å²) in [5, 5.41) is 5.03. The third kappa shape index (κ3) is 6.88. The van der Waals surface area contributed by atoms with Crippen molar-refractivity contribution in [2.75, 3.05) is 13.7 Å². The minimum atomic E-state index is -0.368. The quantitative estimate of drug-likeness (QED) is 0.309. The normalized spacial score (nSPS) is 10.8. The topological polar surface area (TPSA) is 69.2 Å². The molecular formula is C25H24Cl2N2O4. The number of ether oxygens (including phenoxy) is 3. The molecule has 0 atom stereocenters. The van der Waals surface area contributed by atoms with E-state index in [2.05, 4.69) is 10.5 Å². The van der Waals surface area contributed by atoms with Gasteiger partial charge in [0.05, 0.1) is 13.3 Å². The third-order valence-electron chi connectivity index (χ3n) is 4.87. The molecule has 1 amide bonds. The summed E-state index contributed by atoms with van der Waals surface area (Å²) in [6.45, 7) is 4.06. The van der Waals surface area contributed by atoms with Crippen molar-refractivity contribution in [1.29, 1.82) is 0 Å². The molecule has 0 saturated carbocycles. The van der Waals surface area contributed by atoms with Gasteiger partial charge in [-0.05, 0) is 73.0 Å². The van der Waals surface area contributed by atoms with Crippen molar-refractivity contribution < 1.29 is 19.0 Å². The number of halogens is 2. The van der Waals surface area contributed by atoms with Gasteiger partial charge in [0.2, 0.25) is 0 Å². The van der Waals surface area contributed by atoms with Gasteiger partial charge < -0.3 is 14.2 Å². The van der Waals surface area contributed by atoms with Gasteiger partial charge in [-0.3, -0.25) is 4.79 Å². The molecule has 172 valence electrons. The van der Waals surface area contributed by atoms with E-state index >= 15 is 0 Å². The first kappa shape index (κ1) is 24.4. The van der Waals surface area contributed by atoms with Crippen LogP contribution in [0.5, 0.6) is 17.2 Å². The molecule has 0 aromatic heterocycles. The molecule has 0 spiro atoms. The summed E-state index contributed by atoms with van der Waals surface area (Å²) in [4.78, 5) is 12.0. The Bertz CT molecular complexity index is 1140. The lowest BCUT2D eigenvalue weighted by Gasteiger charge is -2.13. The average Bonchev–Trinajstić information content (AvgIpc) is 2.80. The van der Waals surface area contributed by atoms with Gasteiger partial charge in [-0.15, -0.1) is 0 Å². The molecule has 3 aromatic rings. The van der Waals surface area contributed by atoms with Crippen LogP contribution in [0.15, 0.2) is 59.7 Å². The molecule has 0 heterocycles. The summed E-state index contributed by atoms with van der Waals surface area (Å²) in [6, 6.07) is 16.2. The molecule has 0 fully saturated rings. The Morgan fingerprint density at radius 1 is 0.970 bits per heavy atom. The lowest BCUT2D eigenvalue weighted by molar-refractivity contribution is -0.123. The number of benzene rings is 3. The van der Waals surface area contributed by atoms with Crippen LogP contribution >= 0.6 is 23.2 Å². The number of amides is 1. The molecule has 0 bridgehead atoms. The summed E-state index contributed by atoms with van der Waals surface area (Å²) in [6.07, 6.45) is 1.51. The molecule has 8 heteroatoms. The Balaban J connectivity index is 1.55. The fourth-order valence-electron chi connectivity index (χ4n) is 2.87. The fraction of sp³-hybridized carbons (Fsp3) is 0.200. The molecule has 3 rings (SSSR count). The first-order valence-electron chi connectivity index (χ1n) is 10.1. The van der Waals surface area contributed by atoms with Crippen molar-refractivity contribution in [3.63, 3.8) is 0 Å². The molecule has 0 aliphatic carbocycles. The average molecular weight is 487 g/mol. The van der Waals surface area contributed by atoms with E-state index in [1.807, 2.05) is 32.0 Å². The highest BCUT2D eigenvalue weighted by atomic mass is 35.5. The predicted molar refractivity (Wildman–Crippen MR) is 131 cm³/mol. The summed E-state index contributed by atoms with van der Waals surface area (Å²) >= 11 is 12.4. The number of carbonyl (C=O) groups excluding carboxylic acids is 1. The molecule has 1 N–H and O–H groups in total. The van der Waals surface area contributed by atoms with Crippen LogP contribution in [0.2, 0.25) is 10.0 Å². The molecule has 0 aliphatic rings. The standard InChI is InChI=1S/C25H24Cl2N2O4/c1-16-7-9-19(11-17(16)2)32-15-25(30)29-28-13-18-8-10-23(24(12-18)31-3)33-14-20-21(26)5-4-6-22(20)27/h4-13H,14-15H2,1-3H3,(H,29,30)/b28-13+. The molecule has 0 saturated heterocycles. The number of hydrogen-bond acceptors (Lipinski definition) is 5. The number of aryl methyl sites for hydroxylation is 2. The fourth-order valence-corrected chi connectivity index (χ4v) is 3.37. The Morgan fingerprint density at radius 2 is 1.73 bits per heavy atom. The molecule has 6 nitrogen and oxygen atoms in total. The van der Waals surface area contributed by atoms with E-state index in [-0.39, 0.29) is 19.1 Å². The number of methoxy groups -OCH3 is 1. The maximum atomic E-state index is 12.0. The Morgan fingerprint density at radius 3 is 2.42 bits per heavy atom. The second-order valence-electron chi connectivity index (χ2n) is 7.23. The second-order valence-corrected chi connectivity index (χ2v) is 8.04. The number of nitrogens with zero attached hydrogens (tertiary/aromatic N) is 1.